The molecule has 0 aromatic carbocycles. The van der Waals surface area contributed by atoms with Crippen molar-refractivity contribution in [2.75, 3.05) is 12.2 Å². The van der Waals surface area contributed by atoms with Gasteiger partial charge in [0, 0.05) is 12.5 Å². The molecule has 0 radical (unpaired) electrons. The molecule has 4 rings (SSSR count). The lowest BCUT2D eigenvalue weighted by Gasteiger charge is -2.60. The van der Waals surface area contributed by atoms with Crippen molar-refractivity contribution in [2.45, 2.75) is 49.7 Å². The number of thioether (sulfide) groups is 1. The van der Waals surface area contributed by atoms with Crippen molar-refractivity contribution in [2.24, 2.45) is 11.8 Å². The van der Waals surface area contributed by atoms with Gasteiger partial charge in [0.25, 0.3) is 0 Å². The maximum absolute atomic E-state index is 11.6. The Labute approximate surface area is 119 Å². The van der Waals surface area contributed by atoms with E-state index in [-0.39, 0.29) is 17.2 Å². The van der Waals surface area contributed by atoms with Crippen LogP contribution >= 0.6 is 11.8 Å². The van der Waals surface area contributed by atoms with Gasteiger partial charge in [-0.05, 0) is 50.2 Å². The van der Waals surface area contributed by atoms with Gasteiger partial charge in [-0.1, -0.05) is 6.58 Å². The zero-order valence-electron chi connectivity index (χ0n) is 11.5. The van der Waals surface area contributed by atoms with E-state index < -0.39 is 0 Å². The molecule has 0 heterocycles. The summed E-state index contributed by atoms with van der Waals surface area (Å²) in [6.45, 7) is 3.52. The van der Waals surface area contributed by atoms with Gasteiger partial charge >= 0.3 is 5.97 Å². The van der Waals surface area contributed by atoms with Crippen LogP contribution in [-0.4, -0.2) is 29.4 Å². The monoisotopic (exact) mass is 282 g/mol. The van der Waals surface area contributed by atoms with Crippen LogP contribution in [-0.2, 0) is 14.3 Å². The Hall–Kier alpha value is -0.480. The first kappa shape index (κ1) is 13.5. The Morgan fingerprint density at radius 3 is 2.53 bits per heavy atom. The number of rotatable bonds is 5. The molecule has 4 heteroatoms. The molecule has 4 fully saturated rings. The van der Waals surface area contributed by atoms with Crippen molar-refractivity contribution >= 4 is 17.7 Å². The second kappa shape index (κ2) is 4.81. The van der Waals surface area contributed by atoms with Crippen LogP contribution in [0.4, 0.5) is 0 Å². The van der Waals surface area contributed by atoms with E-state index in [1.165, 1.54) is 12.5 Å². The Morgan fingerprint density at radius 2 is 1.95 bits per heavy atom. The number of hydrogen-bond acceptors (Lipinski definition) is 4. The highest BCUT2D eigenvalue weighted by Crippen LogP contribution is 2.60. The Morgan fingerprint density at radius 1 is 1.32 bits per heavy atom. The summed E-state index contributed by atoms with van der Waals surface area (Å²) in [6.07, 6.45) is 9.86. The minimum absolute atomic E-state index is 0.0332. The predicted octanol–water partition coefficient (Wildman–Crippen LogP) is 3.14. The van der Waals surface area contributed by atoms with E-state index in [1.54, 1.807) is 11.8 Å². The molecule has 0 aliphatic heterocycles. The molecule has 19 heavy (non-hydrogen) atoms. The molecule has 0 amide bonds. The maximum Gasteiger partial charge on any atom is 0.330 e. The Bertz CT molecular complexity index is 379. The smallest absolute Gasteiger partial charge is 0.330 e. The molecule has 106 valence electrons. The predicted molar refractivity (Wildman–Crippen MR) is 75.9 cm³/mol. The molecule has 0 spiro atoms. The van der Waals surface area contributed by atoms with Crippen molar-refractivity contribution < 1.29 is 14.3 Å². The van der Waals surface area contributed by atoms with E-state index in [4.69, 9.17) is 9.47 Å². The van der Waals surface area contributed by atoms with E-state index in [2.05, 4.69) is 12.8 Å². The fourth-order valence-electron chi connectivity index (χ4n) is 4.82. The number of hydrogen-bond donors (Lipinski definition) is 0. The topological polar surface area (TPSA) is 35.5 Å². The molecule has 3 nitrogen and oxygen atoms in total. The lowest BCUT2D eigenvalue weighted by Crippen LogP contribution is -2.61. The molecule has 4 atom stereocenters. The average Bonchev–Trinajstić information content (AvgIpc) is 2.34. The van der Waals surface area contributed by atoms with Crippen LogP contribution in [0.5, 0.6) is 0 Å². The summed E-state index contributed by atoms with van der Waals surface area (Å²) < 4.78 is 11.9. The fraction of sp³-hybridized carbons (Fsp3) is 0.800. The van der Waals surface area contributed by atoms with Gasteiger partial charge < -0.3 is 9.47 Å². The Kier molecular flexibility index (Phi) is 3.42. The summed E-state index contributed by atoms with van der Waals surface area (Å²) in [7, 11) is 0. The quantitative estimate of drug-likeness (QED) is 0.441. The minimum Gasteiger partial charge on any atom is -0.456 e. The molecule has 0 aromatic rings. The third kappa shape index (κ3) is 2.45. The average molecular weight is 282 g/mol. The highest BCUT2D eigenvalue weighted by molar-refractivity contribution is 7.98. The van der Waals surface area contributed by atoms with Crippen LogP contribution in [0.25, 0.3) is 0 Å². The molecule has 4 aliphatic rings. The summed E-state index contributed by atoms with van der Waals surface area (Å²) in [4.78, 5) is 11.6. The van der Waals surface area contributed by atoms with E-state index in [0.29, 0.717) is 11.8 Å². The first-order valence-electron chi connectivity index (χ1n) is 7.07. The molecule has 0 saturated heterocycles. The molecular weight excluding hydrogens is 260 g/mol. The first-order chi connectivity index (χ1) is 9.09. The summed E-state index contributed by atoms with van der Waals surface area (Å²) in [5.74, 6) is 1.80. The third-order valence-electron chi connectivity index (χ3n) is 4.92. The van der Waals surface area contributed by atoms with Gasteiger partial charge in [-0.25, -0.2) is 4.79 Å². The Balaban J connectivity index is 1.80. The largest absolute Gasteiger partial charge is 0.456 e. The lowest BCUT2D eigenvalue weighted by molar-refractivity contribution is -0.226. The van der Waals surface area contributed by atoms with Gasteiger partial charge in [-0.3, -0.25) is 0 Å². The zero-order chi connectivity index (χ0) is 13.5. The highest BCUT2D eigenvalue weighted by Gasteiger charge is 2.60. The molecular formula is C15H22O3S. The summed E-state index contributed by atoms with van der Waals surface area (Å²) in [6, 6.07) is 0. The summed E-state index contributed by atoms with van der Waals surface area (Å²) in [5.41, 5.74) is -0.303. The molecule has 0 N–H and O–H groups in total. The number of carbonyl (C=O) groups excluding carboxylic acids is 1. The van der Waals surface area contributed by atoms with Gasteiger partial charge in [0.05, 0.1) is 11.5 Å². The van der Waals surface area contributed by atoms with E-state index in [1.807, 2.05) is 0 Å². The molecule has 0 aromatic heterocycles. The van der Waals surface area contributed by atoms with E-state index in [9.17, 15) is 4.79 Å². The zero-order valence-corrected chi connectivity index (χ0v) is 12.3. The summed E-state index contributed by atoms with van der Waals surface area (Å²) >= 11 is 1.72. The van der Waals surface area contributed by atoms with Gasteiger partial charge in [0.15, 0.2) is 0 Å². The second-order valence-electron chi connectivity index (χ2n) is 6.50. The molecule has 4 saturated carbocycles. The normalized spacial score (nSPS) is 43.2. The third-order valence-corrected chi connectivity index (χ3v) is 5.27. The van der Waals surface area contributed by atoms with Crippen molar-refractivity contribution in [3.05, 3.63) is 12.7 Å². The van der Waals surface area contributed by atoms with Gasteiger partial charge in [0.2, 0.25) is 0 Å². The SMILES string of the molecule is C=CC(=O)OC12C[C@@H]3C[C@@H](CC(OCSC)(C3)C1)C2. The van der Waals surface area contributed by atoms with E-state index in [0.717, 1.165) is 38.0 Å². The van der Waals surface area contributed by atoms with Crippen molar-refractivity contribution in [3.8, 4) is 0 Å². The first-order valence-corrected chi connectivity index (χ1v) is 8.46. The van der Waals surface area contributed by atoms with Gasteiger partial charge in [-0.2, -0.15) is 0 Å². The van der Waals surface area contributed by atoms with Gasteiger partial charge in [-0.15, -0.1) is 11.8 Å². The van der Waals surface area contributed by atoms with Gasteiger partial charge in [0.1, 0.15) is 5.60 Å². The lowest BCUT2D eigenvalue weighted by atomic mass is 9.52. The van der Waals surface area contributed by atoms with Crippen molar-refractivity contribution in [1.82, 2.24) is 0 Å². The molecule has 4 aliphatic carbocycles. The van der Waals surface area contributed by atoms with Crippen molar-refractivity contribution in [3.63, 3.8) is 0 Å². The second-order valence-corrected chi connectivity index (χ2v) is 7.32. The maximum atomic E-state index is 11.6. The molecule has 4 bridgehead atoms. The summed E-state index contributed by atoms with van der Waals surface area (Å²) in [5, 5.41) is 0. The van der Waals surface area contributed by atoms with Crippen LogP contribution in [0, 0.1) is 11.8 Å². The molecule has 2 unspecified atom stereocenters. The van der Waals surface area contributed by atoms with Crippen LogP contribution in [0.15, 0.2) is 12.7 Å². The highest BCUT2D eigenvalue weighted by atomic mass is 32.2. The van der Waals surface area contributed by atoms with Crippen LogP contribution < -0.4 is 0 Å². The standard InChI is InChI=1S/C15H22O3S/c1-3-13(16)18-15-7-11-4-12(8-15)6-14(5-11,9-15)17-10-19-2/h3,11-12H,1,4-10H2,2H3/t11-,12+,14?,15?. The fourth-order valence-corrected chi connectivity index (χ4v) is 5.19. The number of ether oxygens (including phenoxy) is 2. The minimum atomic E-state index is -0.276. The number of esters is 1. The van der Waals surface area contributed by atoms with E-state index >= 15 is 0 Å². The van der Waals surface area contributed by atoms with Crippen molar-refractivity contribution in [1.29, 1.82) is 0 Å². The van der Waals surface area contributed by atoms with Crippen LogP contribution in [0.3, 0.4) is 0 Å². The van der Waals surface area contributed by atoms with Crippen LogP contribution in [0.2, 0.25) is 0 Å². The van der Waals surface area contributed by atoms with Crippen LogP contribution in [0.1, 0.15) is 38.5 Å². The number of carbonyl (C=O) groups is 1.